The van der Waals surface area contributed by atoms with E-state index in [1.54, 1.807) is 17.8 Å². The predicted molar refractivity (Wildman–Crippen MR) is 102 cm³/mol. The Morgan fingerprint density at radius 3 is 2.57 bits per heavy atom. The number of hydrogen-bond acceptors (Lipinski definition) is 7. The summed E-state index contributed by atoms with van der Waals surface area (Å²) in [5.41, 5.74) is 7.03. The first-order valence-electron chi connectivity index (χ1n) is 8.42. The third-order valence-electron chi connectivity index (χ3n) is 4.28. The van der Waals surface area contributed by atoms with E-state index >= 15 is 0 Å². The molecule has 9 heteroatoms. The molecule has 4 aromatic rings. The summed E-state index contributed by atoms with van der Waals surface area (Å²) in [5.74, 6) is -0.349. The zero-order valence-corrected chi connectivity index (χ0v) is 15.1. The predicted octanol–water partition coefficient (Wildman–Crippen LogP) is 2.76. The maximum atomic E-state index is 11.9. The van der Waals surface area contributed by atoms with Crippen molar-refractivity contribution in [2.24, 2.45) is 5.73 Å². The second-order valence-corrected chi connectivity index (χ2v) is 6.13. The fourth-order valence-corrected chi connectivity index (χ4v) is 3.10. The van der Waals surface area contributed by atoms with Crippen LogP contribution in [0.15, 0.2) is 47.3 Å². The van der Waals surface area contributed by atoms with Crippen LogP contribution < -0.4 is 11.1 Å². The van der Waals surface area contributed by atoms with E-state index in [-0.39, 0.29) is 22.8 Å². The van der Waals surface area contributed by atoms with Gasteiger partial charge >= 0.3 is 0 Å². The van der Waals surface area contributed by atoms with E-state index in [4.69, 9.17) is 10.2 Å². The number of aromatic nitrogens is 4. The van der Waals surface area contributed by atoms with Gasteiger partial charge in [0.2, 0.25) is 5.88 Å². The van der Waals surface area contributed by atoms with Crippen LogP contribution in [0.25, 0.3) is 16.7 Å². The molecule has 9 nitrogen and oxygen atoms in total. The van der Waals surface area contributed by atoms with Gasteiger partial charge in [0.1, 0.15) is 23.5 Å². The molecular weight excluding hydrogens is 360 g/mol. The summed E-state index contributed by atoms with van der Waals surface area (Å²) in [7, 11) is 0. The fraction of sp³-hybridized carbons (Fsp3) is 0.105. The van der Waals surface area contributed by atoms with Crippen LogP contribution in [0.4, 0.5) is 11.7 Å². The van der Waals surface area contributed by atoms with Crippen molar-refractivity contribution in [3.05, 3.63) is 59.7 Å². The van der Waals surface area contributed by atoms with Crippen molar-refractivity contribution in [3.63, 3.8) is 0 Å². The zero-order chi connectivity index (χ0) is 19.8. The first-order valence-corrected chi connectivity index (χ1v) is 8.42. The molecule has 0 atom stereocenters. The maximum Gasteiger partial charge on any atom is 0.255 e. The molecule has 0 aliphatic heterocycles. The summed E-state index contributed by atoms with van der Waals surface area (Å²) in [4.78, 5) is 32.3. The van der Waals surface area contributed by atoms with Crippen LogP contribution in [0.5, 0.6) is 0 Å². The molecule has 3 aromatic heterocycles. The number of ketones is 1. The number of nitrogens with two attached hydrogens (primary N) is 1. The number of carbonyl (C=O) groups excluding carboxylic acids is 2. The fourth-order valence-electron chi connectivity index (χ4n) is 3.10. The zero-order valence-electron chi connectivity index (χ0n) is 15.1. The van der Waals surface area contributed by atoms with Crippen molar-refractivity contribution in [2.75, 3.05) is 5.32 Å². The Bertz CT molecular complexity index is 1210. The minimum atomic E-state index is -0.769. The Labute approximate surface area is 159 Å². The number of Topliss-reactive ketones (excluding diaryl/α,β-unsaturated/α-hetero) is 1. The van der Waals surface area contributed by atoms with Gasteiger partial charge in [-0.15, -0.1) is 0 Å². The number of fused-ring (bicyclic) bond motifs is 1. The van der Waals surface area contributed by atoms with Gasteiger partial charge < -0.3 is 15.5 Å². The second kappa shape index (κ2) is 6.62. The molecule has 0 spiro atoms. The minimum Gasteiger partial charge on any atom is -0.444 e. The van der Waals surface area contributed by atoms with Crippen LogP contribution in [0.3, 0.4) is 0 Å². The van der Waals surface area contributed by atoms with E-state index in [9.17, 15) is 9.59 Å². The van der Waals surface area contributed by atoms with Crippen LogP contribution in [0.1, 0.15) is 33.4 Å². The van der Waals surface area contributed by atoms with Crippen molar-refractivity contribution in [3.8, 4) is 5.69 Å². The van der Waals surface area contributed by atoms with Crippen LogP contribution in [0.2, 0.25) is 0 Å². The smallest absolute Gasteiger partial charge is 0.255 e. The molecule has 0 saturated heterocycles. The summed E-state index contributed by atoms with van der Waals surface area (Å²) in [5, 5.41) is 7.94. The van der Waals surface area contributed by atoms with E-state index in [1.807, 2.05) is 30.3 Å². The van der Waals surface area contributed by atoms with Crippen molar-refractivity contribution < 1.29 is 14.0 Å². The van der Waals surface area contributed by atoms with Gasteiger partial charge in [-0.1, -0.05) is 18.2 Å². The highest BCUT2D eigenvalue weighted by Crippen LogP contribution is 2.31. The van der Waals surface area contributed by atoms with Crippen molar-refractivity contribution in [2.45, 2.75) is 13.8 Å². The number of rotatable bonds is 5. The molecule has 0 fully saturated rings. The third kappa shape index (κ3) is 2.78. The van der Waals surface area contributed by atoms with Gasteiger partial charge in [-0.2, -0.15) is 5.10 Å². The molecule has 3 heterocycles. The molecule has 140 valence electrons. The average Bonchev–Trinajstić information content (AvgIpc) is 3.24. The highest BCUT2D eigenvalue weighted by molar-refractivity contribution is 6.11. The monoisotopic (exact) mass is 376 g/mol. The molecule has 28 heavy (non-hydrogen) atoms. The molecule has 0 radical (unpaired) electrons. The molecule has 1 amide bonds. The number of furan rings is 1. The van der Waals surface area contributed by atoms with Crippen LogP contribution in [-0.4, -0.2) is 31.4 Å². The molecule has 4 rings (SSSR count). The lowest BCUT2D eigenvalue weighted by Gasteiger charge is -2.06. The average molecular weight is 376 g/mol. The number of benzene rings is 1. The van der Waals surface area contributed by atoms with E-state index < -0.39 is 5.91 Å². The Hall–Kier alpha value is -4.01. The van der Waals surface area contributed by atoms with Crippen molar-refractivity contribution in [1.82, 2.24) is 19.7 Å². The van der Waals surface area contributed by atoms with Crippen molar-refractivity contribution >= 4 is 34.4 Å². The summed E-state index contributed by atoms with van der Waals surface area (Å²) in [6.07, 6.45) is 2.98. The van der Waals surface area contributed by atoms with Gasteiger partial charge in [-0.25, -0.2) is 14.6 Å². The Kier molecular flexibility index (Phi) is 4.11. The molecular formula is C19H16N6O3. The molecule has 0 saturated carbocycles. The lowest BCUT2D eigenvalue weighted by Crippen LogP contribution is -2.16. The molecule has 1 aromatic carbocycles. The summed E-state index contributed by atoms with van der Waals surface area (Å²) in [6, 6.07) is 9.52. The summed E-state index contributed by atoms with van der Waals surface area (Å²) >= 11 is 0. The summed E-state index contributed by atoms with van der Waals surface area (Å²) < 4.78 is 7.26. The third-order valence-corrected chi connectivity index (χ3v) is 4.28. The summed E-state index contributed by atoms with van der Waals surface area (Å²) in [6.45, 7) is 2.94. The van der Waals surface area contributed by atoms with Gasteiger partial charge in [-0.3, -0.25) is 9.59 Å². The topological polar surface area (TPSA) is 129 Å². The van der Waals surface area contributed by atoms with Gasteiger partial charge in [0.15, 0.2) is 11.4 Å². The number of amides is 1. The number of carbonyl (C=O) groups is 2. The molecule has 0 aliphatic rings. The SMILES string of the molecule is CC(=O)c1c(C)oc(Nc2ncnc3c2cnn3-c2ccccc2)c1C(N)=O. The van der Waals surface area contributed by atoms with E-state index in [2.05, 4.69) is 20.4 Å². The number of hydrogen-bond donors (Lipinski definition) is 2. The normalized spacial score (nSPS) is 10.9. The van der Waals surface area contributed by atoms with Gasteiger partial charge in [0.25, 0.3) is 5.91 Å². The highest BCUT2D eigenvalue weighted by atomic mass is 16.4. The van der Waals surface area contributed by atoms with Crippen LogP contribution >= 0.6 is 0 Å². The van der Waals surface area contributed by atoms with E-state index in [0.29, 0.717) is 22.6 Å². The standard InChI is InChI=1S/C19H16N6O3/c1-10(26)14-11(2)28-19(15(14)16(20)27)24-17-13-8-23-25(18(13)22-9-21-17)12-6-4-3-5-7-12/h3-9H,1-2H3,(H2,20,27)(H,21,22,24). The minimum absolute atomic E-state index is 0.00721. The van der Waals surface area contributed by atoms with E-state index in [1.165, 1.54) is 13.3 Å². The van der Waals surface area contributed by atoms with Gasteiger partial charge in [0.05, 0.1) is 22.8 Å². The maximum absolute atomic E-state index is 11.9. The lowest BCUT2D eigenvalue weighted by molar-refractivity contribution is 0.0974. The molecule has 0 bridgehead atoms. The highest BCUT2D eigenvalue weighted by Gasteiger charge is 2.26. The number of anilines is 2. The number of nitrogens with zero attached hydrogens (tertiary/aromatic N) is 4. The molecule has 0 aliphatic carbocycles. The Balaban J connectivity index is 1.82. The van der Waals surface area contributed by atoms with Crippen LogP contribution in [-0.2, 0) is 0 Å². The Morgan fingerprint density at radius 2 is 1.89 bits per heavy atom. The number of para-hydroxylation sites is 1. The van der Waals surface area contributed by atoms with Crippen LogP contribution in [0, 0.1) is 6.92 Å². The Morgan fingerprint density at radius 1 is 1.14 bits per heavy atom. The second-order valence-electron chi connectivity index (χ2n) is 6.13. The molecule has 3 N–H and O–H groups in total. The van der Waals surface area contributed by atoms with Crippen molar-refractivity contribution in [1.29, 1.82) is 0 Å². The largest absolute Gasteiger partial charge is 0.444 e. The lowest BCUT2D eigenvalue weighted by atomic mass is 10.1. The van der Waals surface area contributed by atoms with Gasteiger partial charge in [-0.05, 0) is 26.0 Å². The van der Waals surface area contributed by atoms with E-state index in [0.717, 1.165) is 5.69 Å². The quantitative estimate of drug-likeness (QED) is 0.512. The first kappa shape index (κ1) is 17.4. The number of aryl methyl sites for hydroxylation is 1. The first-order chi connectivity index (χ1) is 13.5. The molecule has 0 unspecified atom stereocenters. The number of nitrogens with one attached hydrogen (secondary N) is 1. The van der Waals surface area contributed by atoms with Gasteiger partial charge in [0, 0.05) is 0 Å². The number of primary amides is 1.